The number of nitrogens with zero attached hydrogens (tertiary/aromatic N) is 1. The Hall–Kier alpha value is -1.26. The van der Waals surface area contributed by atoms with Crippen molar-refractivity contribution in [2.75, 3.05) is 13.1 Å². The van der Waals surface area contributed by atoms with Crippen molar-refractivity contribution in [2.45, 2.75) is 57.9 Å². The molecule has 0 spiro atoms. The molecule has 2 fully saturated rings. The van der Waals surface area contributed by atoms with Crippen molar-refractivity contribution in [2.24, 2.45) is 11.8 Å². The van der Waals surface area contributed by atoms with Crippen molar-refractivity contribution >= 4 is 12.0 Å². The van der Waals surface area contributed by atoms with Gasteiger partial charge in [0.1, 0.15) is 0 Å². The van der Waals surface area contributed by atoms with Crippen LogP contribution in [0.3, 0.4) is 0 Å². The summed E-state index contributed by atoms with van der Waals surface area (Å²) in [4.78, 5) is 24.7. The van der Waals surface area contributed by atoms with E-state index < -0.39 is 5.97 Å². The maximum atomic E-state index is 12.2. The average Bonchev–Trinajstić information content (AvgIpc) is 2.82. The SMILES string of the molecule is CC1CCC(NC(=O)N2CCCC(CCC(=O)O)C2)C1. The highest BCUT2D eigenvalue weighted by Gasteiger charge is 2.27. The maximum absolute atomic E-state index is 12.2. The van der Waals surface area contributed by atoms with Gasteiger partial charge in [-0.1, -0.05) is 6.92 Å². The van der Waals surface area contributed by atoms with Gasteiger partial charge in [0.15, 0.2) is 0 Å². The third kappa shape index (κ3) is 4.39. The Morgan fingerprint density at radius 3 is 2.75 bits per heavy atom. The van der Waals surface area contributed by atoms with Gasteiger partial charge in [-0.15, -0.1) is 0 Å². The molecule has 0 aromatic heterocycles. The number of nitrogens with one attached hydrogen (secondary N) is 1. The summed E-state index contributed by atoms with van der Waals surface area (Å²) in [6.45, 7) is 3.74. The van der Waals surface area contributed by atoms with Crippen LogP contribution >= 0.6 is 0 Å². The van der Waals surface area contributed by atoms with Crippen LogP contribution in [0.2, 0.25) is 0 Å². The Bertz CT molecular complexity index is 359. The summed E-state index contributed by atoms with van der Waals surface area (Å²) in [6, 6.07) is 0.376. The molecule has 3 atom stereocenters. The molecular weight excluding hydrogens is 256 g/mol. The molecule has 2 amide bonds. The van der Waals surface area contributed by atoms with Crippen LogP contribution in [0.5, 0.6) is 0 Å². The predicted octanol–water partition coefficient (Wildman–Crippen LogP) is 2.46. The first-order chi connectivity index (χ1) is 9.54. The molecule has 0 bridgehead atoms. The number of likely N-dealkylation sites (tertiary alicyclic amines) is 1. The van der Waals surface area contributed by atoms with Crippen LogP contribution in [-0.2, 0) is 4.79 Å². The molecule has 0 radical (unpaired) electrons. The molecule has 114 valence electrons. The van der Waals surface area contributed by atoms with Crippen LogP contribution in [0.25, 0.3) is 0 Å². The van der Waals surface area contributed by atoms with E-state index in [1.165, 1.54) is 6.42 Å². The van der Waals surface area contributed by atoms with Crippen LogP contribution in [0.15, 0.2) is 0 Å². The van der Waals surface area contributed by atoms with Gasteiger partial charge in [0, 0.05) is 25.6 Å². The van der Waals surface area contributed by atoms with Crippen LogP contribution in [-0.4, -0.2) is 41.1 Å². The lowest BCUT2D eigenvalue weighted by Gasteiger charge is -2.33. The van der Waals surface area contributed by atoms with E-state index in [1.807, 2.05) is 4.90 Å². The number of hydrogen-bond donors (Lipinski definition) is 2. The lowest BCUT2D eigenvalue weighted by molar-refractivity contribution is -0.137. The van der Waals surface area contributed by atoms with Crippen molar-refractivity contribution < 1.29 is 14.7 Å². The highest BCUT2D eigenvalue weighted by Crippen LogP contribution is 2.25. The molecule has 2 N–H and O–H groups in total. The largest absolute Gasteiger partial charge is 0.481 e. The summed E-state index contributed by atoms with van der Waals surface area (Å²) in [5.41, 5.74) is 0. The minimum absolute atomic E-state index is 0.0455. The monoisotopic (exact) mass is 282 g/mol. The van der Waals surface area contributed by atoms with Crippen molar-refractivity contribution in [1.29, 1.82) is 0 Å². The van der Waals surface area contributed by atoms with Gasteiger partial charge in [0.25, 0.3) is 0 Å². The van der Waals surface area contributed by atoms with E-state index in [-0.39, 0.29) is 12.5 Å². The molecule has 0 aromatic rings. The Labute approximate surface area is 120 Å². The van der Waals surface area contributed by atoms with E-state index in [9.17, 15) is 9.59 Å². The zero-order valence-corrected chi connectivity index (χ0v) is 12.3. The molecule has 2 aliphatic rings. The number of urea groups is 1. The second kappa shape index (κ2) is 6.95. The molecular formula is C15H26N2O3. The van der Waals surface area contributed by atoms with Crippen molar-refractivity contribution in [3.8, 4) is 0 Å². The number of carboxylic acid groups (broad SMARTS) is 1. The minimum atomic E-state index is -0.744. The van der Waals surface area contributed by atoms with Gasteiger partial charge in [-0.25, -0.2) is 4.79 Å². The van der Waals surface area contributed by atoms with Crippen LogP contribution in [0, 0.1) is 11.8 Å². The summed E-state index contributed by atoms with van der Waals surface area (Å²) in [5.74, 6) is 0.310. The van der Waals surface area contributed by atoms with Crippen molar-refractivity contribution in [3.63, 3.8) is 0 Å². The molecule has 2 rings (SSSR count). The molecule has 5 nitrogen and oxygen atoms in total. The first-order valence-electron chi connectivity index (χ1n) is 7.82. The Balaban J connectivity index is 1.76. The zero-order valence-electron chi connectivity index (χ0n) is 12.3. The highest BCUT2D eigenvalue weighted by atomic mass is 16.4. The summed E-state index contributed by atoms with van der Waals surface area (Å²) in [7, 11) is 0. The van der Waals surface area contributed by atoms with Gasteiger partial charge < -0.3 is 15.3 Å². The lowest BCUT2D eigenvalue weighted by Crippen LogP contribution is -2.48. The van der Waals surface area contributed by atoms with Gasteiger partial charge in [0.2, 0.25) is 0 Å². The normalized spacial score (nSPS) is 30.2. The van der Waals surface area contributed by atoms with E-state index in [1.54, 1.807) is 0 Å². The fraction of sp³-hybridized carbons (Fsp3) is 0.867. The van der Waals surface area contributed by atoms with E-state index >= 15 is 0 Å². The van der Waals surface area contributed by atoms with Crippen molar-refractivity contribution in [3.05, 3.63) is 0 Å². The Kier molecular flexibility index (Phi) is 5.26. The summed E-state index contributed by atoms with van der Waals surface area (Å²) < 4.78 is 0. The quantitative estimate of drug-likeness (QED) is 0.832. The minimum Gasteiger partial charge on any atom is -0.481 e. The van der Waals surface area contributed by atoms with E-state index in [2.05, 4.69) is 12.2 Å². The summed E-state index contributed by atoms with van der Waals surface area (Å²) >= 11 is 0. The topological polar surface area (TPSA) is 69.6 Å². The van der Waals surface area contributed by atoms with Crippen molar-refractivity contribution in [1.82, 2.24) is 10.2 Å². The number of piperidine rings is 1. The highest BCUT2D eigenvalue weighted by molar-refractivity contribution is 5.74. The van der Waals surface area contributed by atoms with Crippen LogP contribution < -0.4 is 5.32 Å². The number of amides is 2. The fourth-order valence-corrected chi connectivity index (χ4v) is 3.42. The lowest BCUT2D eigenvalue weighted by atomic mass is 9.93. The third-order valence-corrected chi connectivity index (χ3v) is 4.60. The Morgan fingerprint density at radius 2 is 2.10 bits per heavy atom. The standard InChI is InChI=1S/C15H26N2O3/c1-11-4-6-13(9-11)16-15(20)17-8-2-3-12(10-17)5-7-14(18)19/h11-13H,2-10H2,1H3,(H,16,20)(H,18,19). The smallest absolute Gasteiger partial charge is 0.317 e. The molecule has 1 aliphatic carbocycles. The molecule has 0 aromatic carbocycles. The van der Waals surface area contributed by atoms with Gasteiger partial charge in [-0.3, -0.25) is 4.79 Å². The number of hydrogen-bond acceptors (Lipinski definition) is 2. The van der Waals surface area contributed by atoms with E-state index in [0.717, 1.165) is 32.2 Å². The van der Waals surface area contributed by atoms with Gasteiger partial charge in [-0.05, 0) is 50.4 Å². The second-order valence-electron chi connectivity index (χ2n) is 6.45. The number of aliphatic carboxylic acids is 1. The second-order valence-corrected chi connectivity index (χ2v) is 6.45. The molecule has 3 unspecified atom stereocenters. The average molecular weight is 282 g/mol. The van der Waals surface area contributed by atoms with Gasteiger partial charge in [-0.2, -0.15) is 0 Å². The number of rotatable bonds is 4. The molecule has 1 aliphatic heterocycles. The van der Waals surface area contributed by atoms with Crippen LogP contribution in [0.4, 0.5) is 4.79 Å². The summed E-state index contributed by atoms with van der Waals surface area (Å²) in [5, 5.41) is 11.9. The summed E-state index contributed by atoms with van der Waals surface area (Å²) in [6.07, 6.45) is 6.29. The third-order valence-electron chi connectivity index (χ3n) is 4.60. The van der Waals surface area contributed by atoms with Crippen LogP contribution in [0.1, 0.15) is 51.9 Å². The molecule has 20 heavy (non-hydrogen) atoms. The number of carboxylic acids is 1. The number of carbonyl (C=O) groups is 2. The molecule has 5 heteroatoms. The van der Waals surface area contributed by atoms with Gasteiger partial charge >= 0.3 is 12.0 Å². The molecule has 1 saturated heterocycles. The molecule has 1 saturated carbocycles. The first kappa shape index (κ1) is 15.1. The first-order valence-corrected chi connectivity index (χ1v) is 7.82. The fourth-order valence-electron chi connectivity index (χ4n) is 3.42. The van der Waals surface area contributed by atoms with E-state index in [4.69, 9.17) is 5.11 Å². The van der Waals surface area contributed by atoms with Gasteiger partial charge in [0.05, 0.1) is 0 Å². The number of carbonyl (C=O) groups excluding carboxylic acids is 1. The predicted molar refractivity (Wildman–Crippen MR) is 76.5 cm³/mol. The van der Waals surface area contributed by atoms with E-state index in [0.29, 0.717) is 30.8 Å². The maximum Gasteiger partial charge on any atom is 0.317 e. The Morgan fingerprint density at radius 1 is 1.30 bits per heavy atom. The molecule has 1 heterocycles. The zero-order chi connectivity index (χ0) is 14.5.